The van der Waals surface area contributed by atoms with Crippen LogP contribution in [0.2, 0.25) is 10.0 Å². The minimum Gasteiger partial charge on any atom is -0.391 e. The molecule has 0 radical (unpaired) electrons. The Bertz CT molecular complexity index is 660. The molecule has 0 aromatic heterocycles. The van der Waals surface area contributed by atoms with E-state index in [0.29, 0.717) is 0 Å². The molecule has 106 valence electrons. The van der Waals surface area contributed by atoms with Crippen LogP contribution in [0.1, 0.15) is 5.56 Å². The van der Waals surface area contributed by atoms with E-state index in [4.69, 9.17) is 28.3 Å². The Morgan fingerprint density at radius 1 is 0.900 bits per heavy atom. The SMILES string of the molecule is OCc1c(F)c(F)c(-c2ccc(Cl)cc2Cl)c(F)c1F. The normalized spacial score (nSPS) is 10.9. The first-order valence-electron chi connectivity index (χ1n) is 5.29. The lowest BCUT2D eigenvalue weighted by Crippen LogP contribution is -2.06. The molecule has 7 heteroatoms. The number of rotatable bonds is 2. The first kappa shape index (κ1) is 15.1. The largest absolute Gasteiger partial charge is 0.391 e. The fraction of sp³-hybridized carbons (Fsp3) is 0.0769. The molecule has 0 saturated carbocycles. The van der Waals surface area contributed by atoms with Crippen molar-refractivity contribution in [2.24, 2.45) is 0 Å². The minimum absolute atomic E-state index is 0.161. The zero-order valence-corrected chi connectivity index (χ0v) is 11.2. The van der Waals surface area contributed by atoms with Crippen molar-refractivity contribution in [1.82, 2.24) is 0 Å². The van der Waals surface area contributed by atoms with E-state index in [0.717, 1.165) is 6.07 Å². The van der Waals surface area contributed by atoms with Crippen LogP contribution in [0.25, 0.3) is 11.1 Å². The summed E-state index contributed by atoms with van der Waals surface area (Å²) >= 11 is 11.4. The molecule has 0 aliphatic rings. The Morgan fingerprint density at radius 2 is 1.45 bits per heavy atom. The van der Waals surface area contributed by atoms with Crippen molar-refractivity contribution in [3.05, 3.63) is 57.1 Å². The first-order valence-corrected chi connectivity index (χ1v) is 6.05. The van der Waals surface area contributed by atoms with Crippen LogP contribution >= 0.6 is 23.2 Å². The standard InChI is InChI=1S/C13H6Cl2F4O/c14-5-1-2-6(8(15)3-5)9-12(18)10(16)7(4-20)11(17)13(9)19/h1-3,20H,4H2. The number of hydrogen-bond acceptors (Lipinski definition) is 1. The third-order valence-corrected chi connectivity index (χ3v) is 3.26. The van der Waals surface area contributed by atoms with Gasteiger partial charge in [-0.25, -0.2) is 17.6 Å². The Kier molecular flexibility index (Phi) is 4.22. The molecule has 1 nitrogen and oxygen atoms in total. The molecule has 0 atom stereocenters. The topological polar surface area (TPSA) is 20.2 Å². The quantitative estimate of drug-likeness (QED) is 0.626. The highest BCUT2D eigenvalue weighted by molar-refractivity contribution is 6.36. The zero-order chi connectivity index (χ0) is 15.0. The molecule has 0 bridgehead atoms. The van der Waals surface area contributed by atoms with Crippen molar-refractivity contribution in [3.63, 3.8) is 0 Å². The van der Waals surface area contributed by atoms with Crippen LogP contribution < -0.4 is 0 Å². The zero-order valence-electron chi connectivity index (χ0n) is 9.65. The molecule has 0 aliphatic carbocycles. The third kappa shape index (κ3) is 2.37. The van der Waals surface area contributed by atoms with E-state index in [9.17, 15) is 17.6 Å². The van der Waals surface area contributed by atoms with Gasteiger partial charge in [-0.3, -0.25) is 0 Å². The van der Waals surface area contributed by atoms with E-state index in [1.807, 2.05) is 0 Å². The second-order valence-electron chi connectivity index (χ2n) is 3.89. The Morgan fingerprint density at radius 3 is 1.90 bits per heavy atom. The number of aliphatic hydroxyl groups is 1. The molecule has 0 saturated heterocycles. The van der Waals surface area contributed by atoms with Crippen molar-refractivity contribution < 1.29 is 22.7 Å². The predicted molar refractivity (Wildman–Crippen MR) is 67.7 cm³/mol. The minimum atomic E-state index is -1.66. The van der Waals surface area contributed by atoms with Crippen molar-refractivity contribution in [1.29, 1.82) is 0 Å². The van der Waals surface area contributed by atoms with Crippen LogP contribution in [0.15, 0.2) is 18.2 Å². The molecule has 2 aromatic rings. The summed E-state index contributed by atoms with van der Waals surface area (Å²) in [4.78, 5) is 0. The number of aliphatic hydroxyl groups excluding tert-OH is 1. The Hall–Kier alpha value is -1.30. The van der Waals surface area contributed by atoms with Crippen LogP contribution in [0.3, 0.4) is 0 Å². The second-order valence-corrected chi connectivity index (χ2v) is 4.74. The van der Waals surface area contributed by atoms with Gasteiger partial charge in [-0.1, -0.05) is 29.3 Å². The molecule has 20 heavy (non-hydrogen) atoms. The summed E-state index contributed by atoms with van der Waals surface area (Å²) in [5, 5.41) is 8.78. The molecule has 2 aromatic carbocycles. The Labute approximate surface area is 121 Å². The third-order valence-electron chi connectivity index (χ3n) is 2.71. The molecule has 0 unspecified atom stereocenters. The van der Waals surface area contributed by atoms with Crippen molar-refractivity contribution in [2.45, 2.75) is 6.61 Å². The highest BCUT2D eigenvalue weighted by Crippen LogP contribution is 2.36. The van der Waals surface area contributed by atoms with E-state index < -0.39 is 41.0 Å². The summed E-state index contributed by atoms with van der Waals surface area (Å²) in [6.45, 7) is -1.17. The molecule has 0 heterocycles. The summed E-state index contributed by atoms with van der Waals surface area (Å²) in [6, 6.07) is 3.61. The molecule has 0 amide bonds. The van der Waals surface area contributed by atoms with Crippen molar-refractivity contribution in [3.8, 4) is 11.1 Å². The maximum Gasteiger partial charge on any atom is 0.170 e. The lowest BCUT2D eigenvalue weighted by atomic mass is 10.0. The van der Waals surface area contributed by atoms with Crippen LogP contribution in [0.4, 0.5) is 17.6 Å². The van der Waals surface area contributed by atoms with Crippen molar-refractivity contribution in [2.75, 3.05) is 0 Å². The van der Waals surface area contributed by atoms with E-state index >= 15 is 0 Å². The van der Waals surface area contributed by atoms with Gasteiger partial charge in [0.1, 0.15) is 0 Å². The summed E-state index contributed by atoms with van der Waals surface area (Å²) in [5.74, 6) is -6.57. The summed E-state index contributed by atoms with van der Waals surface area (Å²) in [5.41, 5.74) is -2.26. The first-order chi connectivity index (χ1) is 9.38. The lowest BCUT2D eigenvalue weighted by Gasteiger charge is -2.12. The van der Waals surface area contributed by atoms with Gasteiger partial charge in [0.2, 0.25) is 0 Å². The average molecular weight is 325 g/mol. The lowest BCUT2D eigenvalue weighted by molar-refractivity contribution is 0.263. The van der Waals surface area contributed by atoms with Crippen LogP contribution in [0, 0.1) is 23.3 Å². The predicted octanol–water partition coefficient (Wildman–Crippen LogP) is 4.71. The van der Waals surface area contributed by atoms with Crippen LogP contribution in [0.5, 0.6) is 0 Å². The molecule has 2 rings (SSSR count). The highest BCUT2D eigenvalue weighted by atomic mass is 35.5. The smallest absolute Gasteiger partial charge is 0.170 e. The van der Waals surface area contributed by atoms with Gasteiger partial charge in [0.25, 0.3) is 0 Å². The van der Waals surface area contributed by atoms with Gasteiger partial charge < -0.3 is 5.11 Å². The molecular formula is C13H6Cl2F4O. The van der Waals surface area contributed by atoms with E-state index in [2.05, 4.69) is 0 Å². The second kappa shape index (κ2) is 5.60. The van der Waals surface area contributed by atoms with Gasteiger partial charge in [0.15, 0.2) is 23.3 Å². The average Bonchev–Trinajstić information content (AvgIpc) is 2.40. The van der Waals surface area contributed by atoms with E-state index in [1.165, 1.54) is 12.1 Å². The summed E-state index contributed by atoms with van der Waals surface area (Å²) < 4.78 is 54.9. The van der Waals surface area contributed by atoms with Gasteiger partial charge >= 0.3 is 0 Å². The van der Waals surface area contributed by atoms with Crippen molar-refractivity contribution >= 4 is 23.2 Å². The maximum absolute atomic E-state index is 13.9. The van der Waals surface area contributed by atoms with Gasteiger partial charge in [-0.15, -0.1) is 0 Å². The monoisotopic (exact) mass is 324 g/mol. The fourth-order valence-corrected chi connectivity index (χ4v) is 2.25. The molecule has 0 spiro atoms. The summed E-state index contributed by atoms with van der Waals surface area (Å²) in [6.07, 6.45) is 0. The van der Waals surface area contributed by atoms with E-state index in [1.54, 1.807) is 0 Å². The highest BCUT2D eigenvalue weighted by Gasteiger charge is 2.26. The summed E-state index contributed by atoms with van der Waals surface area (Å²) in [7, 11) is 0. The van der Waals surface area contributed by atoms with Gasteiger partial charge in [-0.05, 0) is 12.1 Å². The Balaban J connectivity index is 2.81. The molecule has 0 aliphatic heterocycles. The fourth-order valence-electron chi connectivity index (χ4n) is 1.74. The molecule has 1 N–H and O–H groups in total. The van der Waals surface area contributed by atoms with Gasteiger partial charge in [-0.2, -0.15) is 0 Å². The van der Waals surface area contributed by atoms with E-state index in [-0.39, 0.29) is 15.6 Å². The van der Waals surface area contributed by atoms with Crippen LogP contribution in [-0.4, -0.2) is 5.11 Å². The number of benzene rings is 2. The van der Waals surface area contributed by atoms with Gasteiger partial charge in [0.05, 0.1) is 22.8 Å². The molecule has 0 fully saturated rings. The molecular weight excluding hydrogens is 319 g/mol. The number of hydrogen-bond donors (Lipinski definition) is 1. The number of halogens is 6. The van der Waals surface area contributed by atoms with Crippen LogP contribution in [-0.2, 0) is 6.61 Å². The maximum atomic E-state index is 13.9. The van der Waals surface area contributed by atoms with Gasteiger partial charge in [0, 0.05) is 10.6 Å².